The number of nitrogens with two attached hydrogens (primary N) is 1. The molecule has 0 radical (unpaired) electrons. The Labute approximate surface area is 125 Å². The van der Waals surface area contributed by atoms with E-state index < -0.39 is 6.03 Å². The number of nitrogens with one attached hydrogen (secondary N) is 2. The summed E-state index contributed by atoms with van der Waals surface area (Å²) in [5, 5.41) is 5.65. The first-order chi connectivity index (χ1) is 9.54. The molecule has 1 aliphatic carbocycles. The maximum absolute atomic E-state index is 11.7. The summed E-state index contributed by atoms with van der Waals surface area (Å²) in [7, 11) is 0. The molecule has 1 aliphatic rings. The van der Waals surface area contributed by atoms with Crippen LogP contribution >= 0.6 is 23.1 Å². The Kier molecular flexibility index (Phi) is 5.24. The zero-order valence-corrected chi connectivity index (χ0v) is 12.9. The topological polar surface area (TPSA) is 97.1 Å². The zero-order chi connectivity index (χ0) is 14.5. The largest absolute Gasteiger partial charge is 0.375 e. The van der Waals surface area contributed by atoms with Gasteiger partial charge < -0.3 is 11.1 Å². The average Bonchev–Trinajstić information content (AvgIpc) is 2.96. The van der Waals surface area contributed by atoms with Crippen molar-refractivity contribution >= 4 is 40.2 Å². The smallest absolute Gasteiger partial charge is 0.321 e. The molecule has 0 unspecified atom stereocenters. The Hall–Kier alpha value is -1.28. The molecule has 0 aromatic carbocycles. The SMILES string of the molecule is Cc1nc(N)sc1SCC(=O)NC(=O)NC1CCCC1. The quantitative estimate of drug-likeness (QED) is 0.737. The molecular weight excluding hydrogens is 296 g/mol. The van der Waals surface area contributed by atoms with E-state index in [1.807, 2.05) is 6.92 Å². The van der Waals surface area contributed by atoms with Gasteiger partial charge in [-0.25, -0.2) is 9.78 Å². The van der Waals surface area contributed by atoms with Crippen LogP contribution in [0.3, 0.4) is 0 Å². The number of rotatable bonds is 4. The van der Waals surface area contributed by atoms with Crippen LogP contribution in [-0.4, -0.2) is 28.7 Å². The Morgan fingerprint density at radius 1 is 1.45 bits per heavy atom. The van der Waals surface area contributed by atoms with Gasteiger partial charge in [0.25, 0.3) is 0 Å². The molecule has 1 heterocycles. The minimum atomic E-state index is -0.400. The fourth-order valence-corrected chi connectivity index (χ4v) is 3.95. The number of urea groups is 1. The van der Waals surface area contributed by atoms with Crippen LogP contribution < -0.4 is 16.4 Å². The van der Waals surface area contributed by atoms with Crippen molar-refractivity contribution < 1.29 is 9.59 Å². The average molecular weight is 314 g/mol. The minimum absolute atomic E-state index is 0.181. The van der Waals surface area contributed by atoms with Crippen LogP contribution in [0.2, 0.25) is 0 Å². The second kappa shape index (κ2) is 6.94. The van der Waals surface area contributed by atoms with Crippen molar-refractivity contribution in [3.8, 4) is 0 Å². The molecule has 6 nitrogen and oxygen atoms in total. The van der Waals surface area contributed by atoms with Gasteiger partial charge in [-0.15, -0.1) is 11.8 Å². The van der Waals surface area contributed by atoms with Gasteiger partial charge in [-0.2, -0.15) is 0 Å². The van der Waals surface area contributed by atoms with Crippen LogP contribution in [0, 0.1) is 6.92 Å². The number of nitrogen functional groups attached to an aromatic ring is 1. The van der Waals surface area contributed by atoms with Crippen molar-refractivity contribution in [2.45, 2.75) is 42.9 Å². The first-order valence-electron chi connectivity index (χ1n) is 6.50. The van der Waals surface area contributed by atoms with E-state index in [1.54, 1.807) is 0 Å². The molecule has 2 rings (SSSR count). The molecule has 0 saturated heterocycles. The van der Waals surface area contributed by atoms with E-state index >= 15 is 0 Å². The highest BCUT2D eigenvalue weighted by Crippen LogP contribution is 2.30. The van der Waals surface area contributed by atoms with Gasteiger partial charge in [0.2, 0.25) is 5.91 Å². The lowest BCUT2D eigenvalue weighted by molar-refractivity contribution is -0.117. The van der Waals surface area contributed by atoms with Crippen molar-refractivity contribution in [3.05, 3.63) is 5.69 Å². The van der Waals surface area contributed by atoms with Crippen LogP contribution in [0.4, 0.5) is 9.93 Å². The van der Waals surface area contributed by atoms with Crippen molar-refractivity contribution in [2.24, 2.45) is 0 Å². The fourth-order valence-electron chi connectivity index (χ4n) is 2.12. The Morgan fingerprint density at radius 2 is 2.15 bits per heavy atom. The van der Waals surface area contributed by atoms with Crippen molar-refractivity contribution in [2.75, 3.05) is 11.5 Å². The Bertz CT molecular complexity index is 498. The van der Waals surface area contributed by atoms with Gasteiger partial charge in [0.05, 0.1) is 15.7 Å². The fraction of sp³-hybridized carbons (Fsp3) is 0.583. The molecule has 1 fully saturated rings. The minimum Gasteiger partial charge on any atom is -0.375 e. The van der Waals surface area contributed by atoms with E-state index in [-0.39, 0.29) is 17.7 Å². The maximum Gasteiger partial charge on any atom is 0.321 e. The molecule has 20 heavy (non-hydrogen) atoms. The molecule has 4 N–H and O–H groups in total. The second-order valence-corrected chi connectivity index (χ2v) is 6.99. The number of amides is 3. The van der Waals surface area contributed by atoms with Crippen LogP contribution in [0.5, 0.6) is 0 Å². The molecule has 1 aromatic heterocycles. The van der Waals surface area contributed by atoms with E-state index in [1.165, 1.54) is 23.1 Å². The molecule has 0 aliphatic heterocycles. The normalized spacial score (nSPS) is 15.2. The number of aromatic nitrogens is 1. The lowest BCUT2D eigenvalue weighted by atomic mass is 10.2. The number of thiazole rings is 1. The van der Waals surface area contributed by atoms with Gasteiger partial charge in [-0.1, -0.05) is 24.2 Å². The molecule has 0 bridgehead atoms. The summed E-state index contributed by atoms with van der Waals surface area (Å²) in [5.74, 6) is -0.127. The second-order valence-electron chi connectivity index (χ2n) is 4.72. The number of imide groups is 1. The summed E-state index contributed by atoms with van der Waals surface area (Å²) in [6.07, 6.45) is 4.27. The van der Waals surface area contributed by atoms with Crippen LogP contribution in [-0.2, 0) is 4.79 Å². The summed E-state index contributed by atoms with van der Waals surface area (Å²) in [4.78, 5) is 27.4. The molecule has 1 saturated carbocycles. The van der Waals surface area contributed by atoms with E-state index in [9.17, 15) is 9.59 Å². The van der Waals surface area contributed by atoms with Crippen LogP contribution in [0.25, 0.3) is 0 Å². The number of hydrogen-bond acceptors (Lipinski definition) is 6. The monoisotopic (exact) mass is 314 g/mol. The number of hydrogen-bond donors (Lipinski definition) is 3. The van der Waals surface area contributed by atoms with Crippen LogP contribution in [0.1, 0.15) is 31.4 Å². The summed E-state index contributed by atoms with van der Waals surface area (Å²) in [6.45, 7) is 1.85. The van der Waals surface area contributed by atoms with Crippen molar-refractivity contribution in [1.82, 2.24) is 15.6 Å². The highest BCUT2D eigenvalue weighted by Gasteiger charge is 2.18. The number of nitrogens with zero attached hydrogens (tertiary/aromatic N) is 1. The highest BCUT2D eigenvalue weighted by molar-refractivity contribution is 8.01. The Balaban J connectivity index is 1.72. The molecular formula is C12H18N4O2S2. The summed E-state index contributed by atoms with van der Waals surface area (Å²) in [6, 6.07) is -0.193. The lowest BCUT2D eigenvalue weighted by Crippen LogP contribution is -2.44. The lowest BCUT2D eigenvalue weighted by Gasteiger charge is -2.11. The molecule has 8 heteroatoms. The third-order valence-electron chi connectivity index (χ3n) is 3.05. The van der Waals surface area contributed by atoms with Gasteiger partial charge in [0.1, 0.15) is 0 Å². The summed E-state index contributed by atoms with van der Waals surface area (Å²) in [5.41, 5.74) is 6.41. The third kappa shape index (κ3) is 4.38. The number of carbonyl (C=O) groups is 2. The van der Waals surface area contributed by atoms with E-state index in [0.29, 0.717) is 5.13 Å². The molecule has 0 atom stereocenters. The summed E-state index contributed by atoms with van der Waals surface area (Å²) >= 11 is 2.70. The zero-order valence-electron chi connectivity index (χ0n) is 11.3. The van der Waals surface area contributed by atoms with E-state index in [4.69, 9.17) is 5.73 Å². The van der Waals surface area contributed by atoms with Crippen molar-refractivity contribution in [1.29, 1.82) is 0 Å². The third-order valence-corrected chi connectivity index (χ3v) is 5.40. The Morgan fingerprint density at radius 3 is 2.75 bits per heavy atom. The number of anilines is 1. The number of aryl methyl sites for hydroxylation is 1. The molecule has 1 aromatic rings. The predicted molar refractivity (Wildman–Crippen MR) is 80.9 cm³/mol. The number of thioether (sulfide) groups is 1. The summed E-state index contributed by atoms with van der Waals surface area (Å²) < 4.78 is 0.911. The standard InChI is InChI=1S/C12H18N4O2S2/c1-7-10(20-11(13)14-7)19-6-9(17)16-12(18)15-8-4-2-3-5-8/h8H,2-6H2,1H3,(H2,13,14)(H2,15,16,17,18). The first-order valence-corrected chi connectivity index (χ1v) is 8.31. The molecule has 0 spiro atoms. The van der Waals surface area contributed by atoms with Crippen molar-refractivity contribution in [3.63, 3.8) is 0 Å². The van der Waals surface area contributed by atoms with Crippen LogP contribution in [0.15, 0.2) is 4.21 Å². The maximum atomic E-state index is 11.7. The van der Waals surface area contributed by atoms with Gasteiger partial charge >= 0.3 is 6.03 Å². The first kappa shape index (κ1) is 15.1. The van der Waals surface area contributed by atoms with Gasteiger partial charge in [-0.3, -0.25) is 10.1 Å². The van der Waals surface area contributed by atoms with E-state index in [0.717, 1.165) is 35.6 Å². The van der Waals surface area contributed by atoms with Gasteiger partial charge in [0.15, 0.2) is 5.13 Å². The predicted octanol–water partition coefficient (Wildman–Crippen LogP) is 1.89. The molecule has 3 amide bonds. The number of carbonyl (C=O) groups excluding carboxylic acids is 2. The van der Waals surface area contributed by atoms with E-state index in [2.05, 4.69) is 15.6 Å². The van der Waals surface area contributed by atoms with Gasteiger partial charge in [0, 0.05) is 6.04 Å². The molecule has 110 valence electrons. The van der Waals surface area contributed by atoms with Gasteiger partial charge in [-0.05, 0) is 19.8 Å². The highest BCUT2D eigenvalue weighted by atomic mass is 32.2.